The van der Waals surface area contributed by atoms with Crippen molar-refractivity contribution in [3.63, 3.8) is 0 Å². The quantitative estimate of drug-likeness (QED) is 0.242. The number of nitrogen functional groups attached to an aromatic ring is 1. The van der Waals surface area contributed by atoms with Crippen LogP contribution in [-0.2, 0) is 0 Å². The lowest BCUT2D eigenvalue weighted by atomic mass is 9.86. The molecule has 2 bridgehead atoms. The first-order chi connectivity index (χ1) is 21.6. The number of likely N-dealkylation sites (tertiary alicyclic amines) is 1. The molecular formula is C34H39FN8S. The molecule has 1 saturated carbocycles. The molecule has 3 N–H and O–H groups in total. The van der Waals surface area contributed by atoms with Crippen molar-refractivity contribution in [1.29, 1.82) is 0 Å². The zero-order valence-electron chi connectivity index (χ0n) is 25.0. The van der Waals surface area contributed by atoms with Gasteiger partial charge in [0.2, 0.25) is 11.9 Å². The number of hydrogen-bond donors (Lipinski definition) is 2. The molecule has 4 aromatic rings. The molecular weight excluding hydrogens is 571 g/mol. The van der Waals surface area contributed by atoms with Crippen LogP contribution in [-0.4, -0.2) is 62.1 Å². The molecule has 0 unspecified atom stereocenters. The van der Waals surface area contributed by atoms with Gasteiger partial charge in [-0.15, -0.1) is 16.9 Å². The van der Waals surface area contributed by atoms with Gasteiger partial charge in [0.15, 0.2) is 5.82 Å². The number of thioether (sulfide) groups is 1. The Morgan fingerprint density at radius 3 is 2.39 bits per heavy atom. The summed E-state index contributed by atoms with van der Waals surface area (Å²) in [5, 5.41) is 8.51. The lowest BCUT2D eigenvalue weighted by Gasteiger charge is -2.37. The monoisotopic (exact) mass is 610 g/mol. The highest BCUT2D eigenvalue weighted by molar-refractivity contribution is 8.00. The third-order valence-electron chi connectivity index (χ3n) is 9.93. The largest absolute Gasteiger partial charge is 0.369 e. The molecule has 2 aromatic carbocycles. The molecule has 0 amide bonds. The fraction of sp³-hybridized carbons (Fsp3) is 0.441. The van der Waals surface area contributed by atoms with Crippen molar-refractivity contribution in [3.8, 4) is 16.9 Å². The molecule has 6 heterocycles. The first-order valence-electron chi connectivity index (χ1n) is 16.1. The minimum absolute atomic E-state index is 0.238. The topological polar surface area (TPSA) is 88.1 Å². The summed E-state index contributed by atoms with van der Waals surface area (Å²) in [6, 6.07) is 18.5. The first-order valence-corrected chi connectivity index (χ1v) is 17.0. The standard InChI is InChI=1S/C34H39FN8S/c35-28-20-24(10-13-29(28)42-18-14-25(15-19-42)41-16-4-5-17-41)37-34-39-33(36)43(40-34)30-21-27(22-6-2-1-3-7-22)32-31(38-30)23-8-11-26(44-32)12-9-23/h1-3,6-7,10,13,20-21,23,25-26H,4-5,8-9,11-12,14-19H2,(H3,36,37,39,40). The third kappa shape index (κ3) is 5.32. The second-order valence-corrected chi connectivity index (χ2v) is 14.0. The van der Waals surface area contributed by atoms with Crippen molar-refractivity contribution in [3.05, 3.63) is 66.1 Å². The fourth-order valence-electron chi connectivity index (χ4n) is 7.60. The van der Waals surface area contributed by atoms with Crippen LogP contribution in [0.1, 0.15) is 63.0 Å². The van der Waals surface area contributed by atoms with Crippen molar-refractivity contribution >= 4 is 35.0 Å². The van der Waals surface area contributed by atoms with E-state index in [9.17, 15) is 0 Å². The van der Waals surface area contributed by atoms with Gasteiger partial charge in [0.05, 0.1) is 11.4 Å². The maximum absolute atomic E-state index is 15.4. The van der Waals surface area contributed by atoms with Gasteiger partial charge in [-0.2, -0.15) is 9.67 Å². The normalized spacial score (nSPS) is 22.2. The molecule has 44 heavy (non-hydrogen) atoms. The first kappa shape index (κ1) is 27.9. The predicted octanol–water partition coefficient (Wildman–Crippen LogP) is 6.99. The Bertz CT molecular complexity index is 1640. The molecule has 10 heteroatoms. The van der Waals surface area contributed by atoms with Crippen LogP contribution in [0.4, 0.5) is 27.7 Å². The maximum atomic E-state index is 15.4. The number of piperidine rings is 1. The van der Waals surface area contributed by atoms with Gasteiger partial charge in [0.1, 0.15) is 5.82 Å². The molecule has 0 spiro atoms. The van der Waals surface area contributed by atoms with Gasteiger partial charge in [-0.25, -0.2) is 9.37 Å². The molecule has 2 saturated heterocycles. The van der Waals surface area contributed by atoms with Gasteiger partial charge >= 0.3 is 0 Å². The summed E-state index contributed by atoms with van der Waals surface area (Å²) >= 11 is 1.98. The van der Waals surface area contributed by atoms with Gasteiger partial charge in [-0.3, -0.25) is 0 Å². The van der Waals surface area contributed by atoms with E-state index in [1.807, 2.05) is 30.0 Å². The molecule has 4 aliphatic heterocycles. The number of pyridine rings is 1. The summed E-state index contributed by atoms with van der Waals surface area (Å²) in [4.78, 5) is 15.7. The minimum atomic E-state index is -0.241. The van der Waals surface area contributed by atoms with Crippen LogP contribution >= 0.6 is 11.8 Å². The number of nitrogens with one attached hydrogen (secondary N) is 1. The second kappa shape index (κ2) is 11.7. The number of benzene rings is 2. The third-order valence-corrected chi connectivity index (χ3v) is 11.4. The summed E-state index contributed by atoms with van der Waals surface area (Å²) in [6.07, 6.45) is 9.55. The zero-order chi connectivity index (χ0) is 29.6. The van der Waals surface area contributed by atoms with E-state index >= 15 is 4.39 Å². The van der Waals surface area contributed by atoms with E-state index < -0.39 is 0 Å². The SMILES string of the molecule is Nc1nc(Nc2ccc(N3CCC(N4CCCC4)CC3)c(F)c2)nn1-c1cc(-c2ccccc2)c2c(n1)C1CCC(CC1)S2. The van der Waals surface area contributed by atoms with E-state index in [0.29, 0.717) is 40.4 Å². The Labute approximate surface area is 262 Å². The summed E-state index contributed by atoms with van der Waals surface area (Å²) in [6.45, 7) is 4.19. The van der Waals surface area contributed by atoms with Crippen molar-refractivity contribution < 1.29 is 4.39 Å². The zero-order valence-corrected chi connectivity index (χ0v) is 25.8. The van der Waals surface area contributed by atoms with E-state index in [0.717, 1.165) is 50.0 Å². The highest BCUT2D eigenvalue weighted by Crippen LogP contribution is 2.50. The van der Waals surface area contributed by atoms with Gasteiger partial charge in [-0.05, 0) is 94.3 Å². The summed E-state index contributed by atoms with van der Waals surface area (Å²) < 4.78 is 17.0. The van der Waals surface area contributed by atoms with E-state index in [4.69, 9.17) is 15.8 Å². The molecule has 5 aliphatic rings. The Morgan fingerprint density at radius 1 is 0.864 bits per heavy atom. The Balaban J connectivity index is 1.04. The average Bonchev–Trinajstić information content (AvgIpc) is 3.64. The second-order valence-electron chi connectivity index (χ2n) is 12.7. The minimum Gasteiger partial charge on any atom is -0.369 e. The fourth-order valence-corrected chi connectivity index (χ4v) is 9.07. The number of anilines is 4. The van der Waals surface area contributed by atoms with Gasteiger partial charge in [-0.1, -0.05) is 30.3 Å². The Hall–Kier alpha value is -3.63. The van der Waals surface area contributed by atoms with Crippen LogP contribution in [0.5, 0.6) is 0 Å². The van der Waals surface area contributed by atoms with Crippen LogP contribution in [0.3, 0.4) is 0 Å². The number of halogens is 1. The summed E-state index contributed by atoms with van der Waals surface area (Å²) in [7, 11) is 0. The summed E-state index contributed by atoms with van der Waals surface area (Å²) in [5.41, 5.74) is 11.1. The molecule has 3 fully saturated rings. The van der Waals surface area contributed by atoms with Crippen LogP contribution in [0, 0.1) is 5.82 Å². The number of nitrogens with two attached hydrogens (primary N) is 1. The number of hydrogen-bond acceptors (Lipinski definition) is 8. The lowest BCUT2D eigenvalue weighted by Crippen LogP contribution is -2.44. The van der Waals surface area contributed by atoms with Gasteiger partial charge < -0.3 is 20.9 Å². The van der Waals surface area contributed by atoms with Crippen LogP contribution in [0.25, 0.3) is 16.9 Å². The Kier molecular flexibility index (Phi) is 7.42. The van der Waals surface area contributed by atoms with E-state index in [2.05, 4.69) is 50.4 Å². The number of aromatic nitrogens is 4. The predicted molar refractivity (Wildman–Crippen MR) is 176 cm³/mol. The van der Waals surface area contributed by atoms with Crippen molar-refractivity contribution in [1.82, 2.24) is 24.6 Å². The number of rotatable bonds is 6. The summed E-state index contributed by atoms with van der Waals surface area (Å²) in [5.74, 6) is 1.41. The van der Waals surface area contributed by atoms with Crippen LogP contribution < -0.4 is 16.0 Å². The van der Waals surface area contributed by atoms with Gasteiger partial charge in [0.25, 0.3) is 0 Å². The van der Waals surface area contributed by atoms with Crippen LogP contribution in [0.2, 0.25) is 0 Å². The highest BCUT2D eigenvalue weighted by atomic mass is 32.2. The number of nitrogens with zero attached hydrogens (tertiary/aromatic N) is 6. The van der Waals surface area contributed by atoms with E-state index in [1.165, 1.54) is 55.3 Å². The molecule has 1 aliphatic carbocycles. The van der Waals surface area contributed by atoms with Crippen molar-refractivity contribution in [2.45, 2.75) is 73.5 Å². The molecule has 228 valence electrons. The van der Waals surface area contributed by atoms with Crippen molar-refractivity contribution in [2.75, 3.05) is 42.1 Å². The number of fused-ring (bicyclic) bond motifs is 2. The Morgan fingerprint density at radius 2 is 1.64 bits per heavy atom. The molecule has 9 rings (SSSR count). The van der Waals surface area contributed by atoms with E-state index in [1.54, 1.807) is 4.68 Å². The average molecular weight is 611 g/mol. The smallest absolute Gasteiger partial charge is 0.248 e. The van der Waals surface area contributed by atoms with Gasteiger partial charge in [0, 0.05) is 46.4 Å². The maximum Gasteiger partial charge on any atom is 0.248 e. The molecule has 0 radical (unpaired) electrons. The van der Waals surface area contributed by atoms with Crippen molar-refractivity contribution in [2.24, 2.45) is 0 Å². The lowest BCUT2D eigenvalue weighted by molar-refractivity contribution is 0.207. The van der Waals surface area contributed by atoms with E-state index in [-0.39, 0.29) is 11.8 Å². The molecule has 2 aromatic heterocycles. The van der Waals surface area contributed by atoms with Crippen LogP contribution in [0.15, 0.2) is 59.5 Å². The highest BCUT2D eigenvalue weighted by Gasteiger charge is 2.34. The molecule has 8 nitrogen and oxygen atoms in total. The molecule has 0 atom stereocenters.